The molecule has 0 aliphatic heterocycles. The highest BCUT2D eigenvalue weighted by Gasteiger charge is 2.06. The van der Waals surface area contributed by atoms with Gasteiger partial charge in [-0.1, -0.05) is 19.9 Å². The maximum Gasteiger partial charge on any atom is 0.0938 e. The minimum atomic E-state index is 0.731. The second kappa shape index (κ2) is 5.71. The first-order valence-corrected chi connectivity index (χ1v) is 7.84. The molecule has 0 saturated carbocycles. The number of fused-ring (bicyclic) bond motifs is 1. The first kappa shape index (κ1) is 13.3. The van der Waals surface area contributed by atoms with Crippen molar-refractivity contribution in [2.45, 2.75) is 26.7 Å². The Labute approximate surface area is 123 Å². The zero-order valence-electron chi connectivity index (χ0n) is 11.8. The summed E-state index contributed by atoms with van der Waals surface area (Å²) in [6.07, 6.45) is 5.95. The van der Waals surface area contributed by atoms with Crippen LogP contribution in [0, 0.1) is 5.92 Å². The van der Waals surface area contributed by atoms with Gasteiger partial charge in [0.15, 0.2) is 0 Å². The minimum Gasteiger partial charge on any atom is -0.265 e. The van der Waals surface area contributed by atoms with Crippen LogP contribution in [0.15, 0.2) is 42.7 Å². The van der Waals surface area contributed by atoms with Gasteiger partial charge in [-0.25, -0.2) is 4.98 Å². The number of pyridine rings is 1. The van der Waals surface area contributed by atoms with Crippen molar-refractivity contribution in [1.29, 1.82) is 0 Å². The van der Waals surface area contributed by atoms with Gasteiger partial charge in [0.05, 0.1) is 15.2 Å². The SMILES string of the molecule is CC(C)CCc1nc2cc(-c3ccncc3)ccc2s1. The fraction of sp³-hybridized carbons (Fsp3) is 0.294. The second-order valence-corrected chi connectivity index (χ2v) is 6.57. The third kappa shape index (κ3) is 2.88. The molecule has 3 rings (SSSR count). The molecule has 0 saturated heterocycles. The Balaban J connectivity index is 1.91. The number of hydrogen-bond acceptors (Lipinski definition) is 3. The number of nitrogens with zero attached hydrogens (tertiary/aromatic N) is 2. The molecule has 0 aliphatic carbocycles. The van der Waals surface area contributed by atoms with Gasteiger partial charge in [-0.05, 0) is 54.2 Å². The normalized spacial score (nSPS) is 11.3. The summed E-state index contributed by atoms with van der Waals surface area (Å²) in [5, 5.41) is 1.25. The fourth-order valence-electron chi connectivity index (χ4n) is 2.22. The molecule has 3 aromatic rings. The van der Waals surface area contributed by atoms with E-state index in [-0.39, 0.29) is 0 Å². The number of hydrogen-bond donors (Lipinski definition) is 0. The van der Waals surface area contributed by atoms with Crippen LogP contribution in [0.2, 0.25) is 0 Å². The summed E-state index contributed by atoms with van der Waals surface area (Å²) in [7, 11) is 0. The van der Waals surface area contributed by atoms with Gasteiger partial charge in [-0.3, -0.25) is 4.98 Å². The van der Waals surface area contributed by atoms with Crippen LogP contribution in [0.5, 0.6) is 0 Å². The van der Waals surface area contributed by atoms with E-state index in [0.29, 0.717) is 0 Å². The number of benzene rings is 1. The van der Waals surface area contributed by atoms with E-state index in [0.717, 1.165) is 17.9 Å². The molecule has 0 atom stereocenters. The number of rotatable bonds is 4. The molecule has 0 N–H and O–H groups in total. The number of thiazole rings is 1. The van der Waals surface area contributed by atoms with Gasteiger partial charge in [0.2, 0.25) is 0 Å². The molecule has 3 heteroatoms. The maximum absolute atomic E-state index is 4.77. The molecule has 0 spiro atoms. The van der Waals surface area contributed by atoms with E-state index in [1.165, 1.54) is 27.3 Å². The van der Waals surface area contributed by atoms with Crippen LogP contribution in [0.1, 0.15) is 25.3 Å². The van der Waals surface area contributed by atoms with Crippen LogP contribution < -0.4 is 0 Å². The van der Waals surface area contributed by atoms with Crippen molar-refractivity contribution in [3.05, 3.63) is 47.7 Å². The molecule has 1 aromatic carbocycles. The van der Waals surface area contributed by atoms with E-state index in [1.807, 2.05) is 35.9 Å². The maximum atomic E-state index is 4.77. The fourth-order valence-corrected chi connectivity index (χ4v) is 3.18. The lowest BCUT2D eigenvalue weighted by Gasteiger charge is -2.00. The Hall–Kier alpha value is -1.74. The van der Waals surface area contributed by atoms with E-state index in [2.05, 4.69) is 37.0 Å². The topological polar surface area (TPSA) is 25.8 Å². The Morgan fingerprint density at radius 3 is 2.60 bits per heavy atom. The van der Waals surface area contributed by atoms with Crippen LogP contribution in [-0.4, -0.2) is 9.97 Å². The molecule has 0 aliphatic rings. The van der Waals surface area contributed by atoms with Gasteiger partial charge in [-0.2, -0.15) is 0 Å². The highest BCUT2D eigenvalue weighted by Crippen LogP contribution is 2.28. The molecule has 20 heavy (non-hydrogen) atoms. The summed E-state index contributed by atoms with van der Waals surface area (Å²) in [6.45, 7) is 4.52. The Kier molecular flexibility index (Phi) is 3.79. The van der Waals surface area contributed by atoms with Crippen molar-refractivity contribution < 1.29 is 0 Å². The number of aryl methyl sites for hydroxylation is 1. The summed E-state index contributed by atoms with van der Waals surface area (Å²) >= 11 is 1.82. The van der Waals surface area contributed by atoms with Gasteiger partial charge in [0.1, 0.15) is 0 Å². The van der Waals surface area contributed by atoms with Crippen LogP contribution >= 0.6 is 11.3 Å². The molecule has 0 unspecified atom stereocenters. The van der Waals surface area contributed by atoms with Gasteiger partial charge in [0.25, 0.3) is 0 Å². The standard InChI is InChI=1S/C17H18N2S/c1-12(2)3-6-17-19-15-11-14(4-5-16(15)20-17)13-7-9-18-10-8-13/h4-5,7-12H,3,6H2,1-2H3. The molecule has 0 fully saturated rings. The van der Waals surface area contributed by atoms with Gasteiger partial charge in [0, 0.05) is 12.4 Å². The second-order valence-electron chi connectivity index (χ2n) is 5.46. The first-order chi connectivity index (χ1) is 9.72. The van der Waals surface area contributed by atoms with Gasteiger partial charge < -0.3 is 0 Å². The lowest BCUT2D eigenvalue weighted by Crippen LogP contribution is -1.90. The van der Waals surface area contributed by atoms with Crippen LogP contribution in [0.25, 0.3) is 21.3 Å². The molecule has 2 aromatic heterocycles. The largest absolute Gasteiger partial charge is 0.265 e. The monoisotopic (exact) mass is 282 g/mol. The van der Waals surface area contributed by atoms with E-state index < -0.39 is 0 Å². The summed E-state index contributed by atoms with van der Waals surface area (Å²) in [4.78, 5) is 8.84. The highest BCUT2D eigenvalue weighted by molar-refractivity contribution is 7.18. The third-order valence-electron chi connectivity index (χ3n) is 3.38. The zero-order valence-corrected chi connectivity index (χ0v) is 12.7. The predicted octanol–water partition coefficient (Wildman–Crippen LogP) is 4.95. The molecule has 0 radical (unpaired) electrons. The minimum absolute atomic E-state index is 0.731. The Morgan fingerprint density at radius 1 is 1.05 bits per heavy atom. The quantitative estimate of drug-likeness (QED) is 0.677. The lowest BCUT2D eigenvalue weighted by atomic mass is 10.1. The van der Waals surface area contributed by atoms with Crippen LogP contribution in [-0.2, 0) is 6.42 Å². The van der Waals surface area contributed by atoms with Crippen molar-refractivity contribution in [1.82, 2.24) is 9.97 Å². The van der Waals surface area contributed by atoms with E-state index in [9.17, 15) is 0 Å². The van der Waals surface area contributed by atoms with Gasteiger partial charge >= 0.3 is 0 Å². The van der Waals surface area contributed by atoms with Crippen molar-refractivity contribution in [2.24, 2.45) is 5.92 Å². The van der Waals surface area contributed by atoms with Crippen molar-refractivity contribution in [3.8, 4) is 11.1 Å². The highest BCUT2D eigenvalue weighted by atomic mass is 32.1. The molecule has 102 valence electrons. The smallest absolute Gasteiger partial charge is 0.0938 e. The van der Waals surface area contributed by atoms with Crippen molar-refractivity contribution >= 4 is 21.6 Å². The molecule has 2 heterocycles. The van der Waals surface area contributed by atoms with E-state index >= 15 is 0 Å². The molecule has 0 amide bonds. The molecular weight excluding hydrogens is 264 g/mol. The molecular formula is C17H18N2S. The van der Waals surface area contributed by atoms with Crippen LogP contribution in [0.4, 0.5) is 0 Å². The summed E-state index contributed by atoms with van der Waals surface area (Å²) < 4.78 is 1.28. The average molecular weight is 282 g/mol. The zero-order chi connectivity index (χ0) is 13.9. The average Bonchev–Trinajstić information content (AvgIpc) is 2.88. The number of aromatic nitrogens is 2. The summed E-state index contributed by atoms with van der Waals surface area (Å²) in [5.41, 5.74) is 3.52. The van der Waals surface area contributed by atoms with E-state index in [1.54, 1.807) is 0 Å². The third-order valence-corrected chi connectivity index (χ3v) is 4.48. The predicted molar refractivity (Wildman–Crippen MR) is 86.0 cm³/mol. The molecule has 2 nitrogen and oxygen atoms in total. The molecule has 0 bridgehead atoms. The van der Waals surface area contributed by atoms with Crippen molar-refractivity contribution in [2.75, 3.05) is 0 Å². The first-order valence-electron chi connectivity index (χ1n) is 7.02. The Morgan fingerprint density at radius 2 is 1.85 bits per heavy atom. The van der Waals surface area contributed by atoms with Crippen molar-refractivity contribution in [3.63, 3.8) is 0 Å². The van der Waals surface area contributed by atoms with E-state index in [4.69, 9.17) is 4.98 Å². The van der Waals surface area contributed by atoms with Crippen LogP contribution in [0.3, 0.4) is 0 Å². The Bertz CT molecular complexity index is 701. The van der Waals surface area contributed by atoms with Gasteiger partial charge in [-0.15, -0.1) is 11.3 Å². The summed E-state index contributed by atoms with van der Waals surface area (Å²) in [5.74, 6) is 0.731. The summed E-state index contributed by atoms with van der Waals surface area (Å²) in [6, 6.07) is 10.6. The lowest BCUT2D eigenvalue weighted by molar-refractivity contribution is 0.586.